The molecule has 0 atom stereocenters. The van der Waals surface area contributed by atoms with Gasteiger partial charge >= 0.3 is 6.18 Å². The minimum atomic E-state index is -4.62. The first-order chi connectivity index (χ1) is 11.0. The van der Waals surface area contributed by atoms with Crippen molar-refractivity contribution in [3.63, 3.8) is 0 Å². The summed E-state index contributed by atoms with van der Waals surface area (Å²) in [6, 6.07) is 3.87. The van der Waals surface area contributed by atoms with Gasteiger partial charge in [0.05, 0.1) is 12.0 Å². The zero-order valence-corrected chi connectivity index (χ0v) is 14.1. The van der Waals surface area contributed by atoms with E-state index in [-0.39, 0.29) is 28.3 Å². The van der Waals surface area contributed by atoms with Gasteiger partial charge in [-0.2, -0.15) is 13.2 Å². The Hall–Kier alpha value is -2.03. The number of furan rings is 1. The third-order valence-electron chi connectivity index (χ3n) is 2.62. The number of amides is 1. The monoisotopic (exact) mass is 359 g/mol. The molecule has 0 aliphatic carbocycles. The predicted molar refractivity (Wildman–Crippen MR) is 83.4 cm³/mol. The third-order valence-corrected chi connectivity index (χ3v) is 3.46. The first-order valence-electron chi connectivity index (χ1n) is 6.98. The Balaban J connectivity index is 2.23. The molecule has 24 heavy (non-hydrogen) atoms. The number of nitrogens with zero attached hydrogens (tertiary/aromatic N) is 2. The van der Waals surface area contributed by atoms with Gasteiger partial charge in [-0.3, -0.25) is 4.79 Å². The molecule has 9 heteroatoms. The number of thioether (sulfide) groups is 1. The Bertz CT molecular complexity index is 710. The number of rotatable bonds is 4. The predicted octanol–water partition coefficient (Wildman–Crippen LogP) is 3.76. The molecule has 0 aliphatic rings. The highest BCUT2D eigenvalue weighted by atomic mass is 32.2. The maximum Gasteiger partial charge on any atom is 0.433 e. The first kappa shape index (κ1) is 18.3. The minimum Gasteiger partial charge on any atom is -0.463 e. The summed E-state index contributed by atoms with van der Waals surface area (Å²) >= 11 is 0.835. The van der Waals surface area contributed by atoms with Gasteiger partial charge in [-0.15, -0.1) is 0 Å². The number of nitrogens with one attached hydrogen (secondary N) is 1. The van der Waals surface area contributed by atoms with E-state index in [0.29, 0.717) is 0 Å². The van der Waals surface area contributed by atoms with Crippen LogP contribution in [0.25, 0.3) is 11.5 Å². The second-order valence-electron chi connectivity index (χ2n) is 5.98. The smallest absolute Gasteiger partial charge is 0.433 e. The molecule has 0 bridgehead atoms. The Kier molecular flexibility index (Phi) is 5.22. The highest BCUT2D eigenvalue weighted by Crippen LogP contribution is 2.32. The largest absolute Gasteiger partial charge is 0.463 e. The van der Waals surface area contributed by atoms with Crippen molar-refractivity contribution in [1.29, 1.82) is 0 Å². The van der Waals surface area contributed by atoms with Crippen molar-refractivity contribution in [3.8, 4) is 11.5 Å². The highest BCUT2D eigenvalue weighted by molar-refractivity contribution is 7.99. The fraction of sp³-hybridized carbons (Fsp3) is 0.400. The zero-order valence-electron chi connectivity index (χ0n) is 13.3. The summed E-state index contributed by atoms with van der Waals surface area (Å²) in [6.45, 7) is 5.43. The Morgan fingerprint density at radius 1 is 1.29 bits per heavy atom. The minimum absolute atomic E-state index is 0.0149. The number of hydrogen-bond donors (Lipinski definition) is 1. The first-order valence-corrected chi connectivity index (χ1v) is 7.97. The van der Waals surface area contributed by atoms with Crippen LogP contribution in [0.4, 0.5) is 13.2 Å². The average Bonchev–Trinajstić information content (AvgIpc) is 2.96. The summed E-state index contributed by atoms with van der Waals surface area (Å²) in [6.07, 6.45) is -3.28. The van der Waals surface area contributed by atoms with Crippen LogP contribution in [0.15, 0.2) is 34.0 Å². The van der Waals surface area contributed by atoms with E-state index >= 15 is 0 Å². The third kappa shape index (κ3) is 5.26. The number of carbonyl (C=O) groups excluding carboxylic acids is 1. The van der Waals surface area contributed by atoms with Crippen LogP contribution in [0.3, 0.4) is 0 Å². The molecule has 5 nitrogen and oxygen atoms in total. The van der Waals surface area contributed by atoms with Crippen LogP contribution in [-0.2, 0) is 11.0 Å². The quantitative estimate of drug-likeness (QED) is 0.665. The van der Waals surface area contributed by atoms with Gasteiger partial charge in [0.1, 0.15) is 11.4 Å². The molecule has 2 rings (SSSR count). The molecule has 0 spiro atoms. The highest BCUT2D eigenvalue weighted by Gasteiger charge is 2.34. The van der Waals surface area contributed by atoms with E-state index in [1.807, 2.05) is 20.8 Å². The molecule has 0 aliphatic heterocycles. The topological polar surface area (TPSA) is 68.0 Å². The number of halogens is 3. The molecule has 0 saturated carbocycles. The number of hydrogen-bond acceptors (Lipinski definition) is 5. The van der Waals surface area contributed by atoms with Gasteiger partial charge in [0.2, 0.25) is 5.91 Å². The summed E-state index contributed by atoms with van der Waals surface area (Å²) in [5.74, 6) is -0.201. The van der Waals surface area contributed by atoms with Crippen molar-refractivity contribution >= 4 is 17.7 Å². The molecular formula is C15H16F3N3O2S. The number of alkyl halides is 3. The second-order valence-corrected chi connectivity index (χ2v) is 6.93. The van der Waals surface area contributed by atoms with Crippen LogP contribution in [0.5, 0.6) is 0 Å². The van der Waals surface area contributed by atoms with E-state index in [2.05, 4.69) is 15.3 Å². The van der Waals surface area contributed by atoms with Crippen LogP contribution in [-0.4, -0.2) is 27.2 Å². The maximum absolute atomic E-state index is 13.0. The normalized spacial score (nSPS) is 12.2. The van der Waals surface area contributed by atoms with Crippen LogP contribution in [0.1, 0.15) is 26.5 Å². The molecule has 0 radical (unpaired) electrons. The number of aromatic nitrogens is 2. The van der Waals surface area contributed by atoms with Crippen molar-refractivity contribution in [2.75, 3.05) is 5.75 Å². The van der Waals surface area contributed by atoms with Crippen LogP contribution in [0, 0.1) is 0 Å². The Labute approximate surface area is 141 Å². The molecule has 0 saturated heterocycles. The maximum atomic E-state index is 13.0. The number of carbonyl (C=O) groups is 1. The molecule has 2 aromatic heterocycles. The van der Waals surface area contributed by atoms with Gasteiger partial charge in [-0.1, -0.05) is 11.8 Å². The van der Waals surface area contributed by atoms with E-state index in [9.17, 15) is 18.0 Å². The molecule has 130 valence electrons. The van der Waals surface area contributed by atoms with E-state index in [0.717, 1.165) is 17.8 Å². The standard InChI is InChI=1S/C15H16F3N3O2S/c1-14(2,3)21-12(22)8-24-13-19-9(10-5-4-6-23-10)7-11(20-13)15(16,17)18/h4-7H,8H2,1-3H3,(H,21,22). The summed E-state index contributed by atoms with van der Waals surface area (Å²) in [7, 11) is 0. The molecule has 0 unspecified atom stereocenters. The van der Waals surface area contributed by atoms with Crippen molar-refractivity contribution in [2.45, 2.75) is 37.6 Å². The lowest BCUT2D eigenvalue weighted by Crippen LogP contribution is -2.41. The second kappa shape index (κ2) is 6.84. The van der Waals surface area contributed by atoms with E-state index in [1.54, 1.807) is 6.07 Å². The molecule has 0 aromatic carbocycles. The molecule has 1 amide bonds. The lowest BCUT2D eigenvalue weighted by atomic mass is 10.1. The van der Waals surface area contributed by atoms with Crippen molar-refractivity contribution < 1.29 is 22.4 Å². The van der Waals surface area contributed by atoms with Gasteiger partial charge in [-0.05, 0) is 39.0 Å². The molecular weight excluding hydrogens is 343 g/mol. The van der Waals surface area contributed by atoms with E-state index in [4.69, 9.17) is 4.42 Å². The lowest BCUT2D eigenvalue weighted by molar-refractivity contribution is -0.141. The van der Waals surface area contributed by atoms with Gasteiger partial charge in [-0.25, -0.2) is 9.97 Å². The summed E-state index contributed by atoms with van der Waals surface area (Å²) in [4.78, 5) is 19.3. The molecule has 0 fully saturated rings. The van der Waals surface area contributed by atoms with Crippen molar-refractivity contribution in [3.05, 3.63) is 30.2 Å². The van der Waals surface area contributed by atoms with Crippen LogP contribution < -0.4 is 5.32 Å². The van der Waals surface area contributed by atoms with Crippen LogP contribution >= 0.6 is 11.8 Å². The molecule has 1 N–H and O–H groups in total. The Morgan fingerprint density at radius 3 is 2.54 bits per heavy atom. The van der Waals surface area contributed by atoms with Crippen molar-refractivity contribution in [2.24, 2.45) is 0 Å². The van der Waals surface area contributed by atoms with E-state index in [1.165, 1.54) is 12.3 Å². The van der Waals surface area contributed by atoms with E-state index < -0.39 is 17.4 Å². The van der Waals surface area contributed by atoms with Gasteiger partial charge in [0, 0.05) is 5.54 Å². The zero-order chi connectivity index (χ0) is 18.0. The summed E-state index contributed by atoms with van der Waals surface area (Å²) in [5.41, 5.74) is -1.49. The van der Waals surface area contributed by atoms with Gasteiger partial charge in [0.25, 0.3) is 0 Å². The average molecular weight is 359 g/mol. The van der Waals surface area contributed by atoms with Crippen molar-refractivity contribution in [1.82, 2.24) is 15.3 Å². The molecule has 2 heterocycles. The van der Waals surface area contributed by atoms with Gasteiger partial charge < -0.3 is 9.73 Å². The SMILES string of the molecule is CC(C)(C)NC(=O)CSc1nc(-c2ccco2)cc(C(F)(F)F)n1. The van der Waals surface area contributed by atoms with Crippen LogP contribution in [0.2, 0.25) is 0 Å². The Morgan fingerprint density at radius 2 is 2.00 bits per heavy atom. The fourth-order valence-corrected chi connectivity index (χ4v) is 2.43. The molecule has 2 aromatic rings. The summed E-state index contributed by atoms with van der Waals surface area (Å²) in [5, 5.41) is 2.58. The fourth-order valence-electron chi connectivity index (χ4n) is 1.77. The summed E-state index contributed by atoms with van der Waals surface area (Å²) < 4.78 is 44.1. The van der Waals surface area contributed by atoms with Gasteiger partial charge in [0.15, 0.2) is 10.9 Å². The lowest BCUT2D eigenvalue weighted by Gasteiger charge is -2.20.